The first-order valence-corrected chi connectivity index (χ1v) is 9.59. The molecule has 0 radical (unpaired) electrons. The Kier molecular flexibility index (Phi) is 7.51. The highest BCUT2D eigenvalue weighted by atomic mass is 16.5. The minimum Gasteiger partial charge on any atom is -0.497 e. The van der Waals surface area contributed by atoms with Crippen LogP contribution in [-0.2, 0) is 20.9 Å². The first-order valence-electron chi connectivity index (χ1n) is 9.59. The summed E-state index contributed by atoms with van der Waals surface area (Å²) in [5.74, 6) is 0.945. The van der Waals surface area contributed by atoms with Crippen molar-refractivity contribution >= 4 is 11.9 Å². The molecule has 0 bridgehead atoms. The van der Waals surface area contributed by atoms with E-state index in [1.54, 1.807) is 25.3 Å². The van der Waals surface area contributed by atoms with Gasteiger partial charge in [-0.1, -0.05) is 12.1 Å². The largest absolute Gasteiger partial charge is 0.497 e. The number of hydrogen-bond donors (Lipinski definition) is 1. The summed E-state index contributed by atoms with van der Waals surface area (Å²) in [6.45, 7) is 1.50. The maximum atomic E-state index is 12.4. The van der Waals surface area contributed by atoms with Crippen LogP contribution >= 0.6 is 0 Å². The van der Waals surface area contributed by atoms with Gasteiger partial charge in [0.1, 0.15) is 18.4 Å². The van der Waals surface area contributed by atoms with E-state index in [-0.39, 0.29) is 5.91 Å². The van der Waals surface area contributed by atoms with E-state index in [0.29, 0.717) is 49.9 Å². The lowest BCUT2D eigenvalue weighted by atomic mass is 10.1. The van der Waals surface area contributed by atoms with Crippen LogP contribution in [0.2, 0.25) is 0 Å². The molecule has 8 nitrogen and oxygen atoms in total. The summed E-state index contributed by atoms with van der Waals surface area (Å²) in [6, 6.07) is 11.9. The van der Waals surface area contributed by atoms with Crippen molar-refractivity contribution in [3.63, 3.8) is 0 Å². The summed E-state index contributed by atoms with van der Waals surface area (Å²) < 4.78 is 26.6. The van der Waals surface area contributed by atoms with Gasteiger partial charge in [-0.25, -0.2) is 4.79 Å². The molecule has 0 saturated carbocycles. The molecule has 30 heavy (non-hydrogen) atoms. The van der Waals surface area contributed by atoms with Crippen LogP contribution in [0, 0.1) is 0 Å². The average molecular weight is 415 g/mol. The lowest BCUT2D eigenvalue weighted by Crippen LogP contribution is -2.37. The van der Waals surface area contributed by atoms with E-state index in [1.165, 1.54) is 7.11 Å². The Hall–Kier alpha value is -3.26. The van der Waals surface area contributed by atoms with E-state index >= 15 is 0 Å². The van der Waals surface area contributed by atoms with E-state index < -0.39 is 12.0 Å². The predicted molar refractivity (Wildman–Crippen MR) is 108 cm³/mol. The molecule has 0 aromatic heterocycles. The fraction of sp³-hybridized carbons (Fsp3) is 0.364. The molecule has 2 aromatic carbocycles. The standard InChI is InChI=1S/C22H25NO7/c1-26-17-6-3-15(4-7-17)14-28-11-12-29-19-8-5-16(13-20(19)27-2)21(24)23-18-9-10-30-22(18)25/h3-8,13,18H,9-12,14H2,1-2H3,(H,23,24). The summed E-state index contributed by atoms with van der Waals surface area (Å²) in [5.41, 5.74) is 1.41. The number of esters is 1. The number of methoxy groups -OCH3 is 2. The van der Waals surface area contributed by atoms with Gasteiger partial charge in [-0.05, 0) is 35.9 Å². The van der Waals surface area contributed by atoms with Crippen molar-refractivity contribution in [3.8, 4) is 17.2 Å². The number of cyclic esters (lactones) is 1. The normalized spacial score (nSPS) is 15.4. The summed E-state index contributed by atoms with van der Waals surface area (Å²) in [6.07, 6.45) is 0.472. The molecule has 1 N–H and O–H groups in total. The van der Waals surface area contributed by atoms with Gasteiger partial charge in [0.25, 0.3) is 5.91 Å². The molecule has 8 heteroatoms. The second-order valence-corrected chi connectivity index (χ2v) is 6.60. The zero-order valence-corrected chi connectivity index (χ0v) is 17.0. The van der Waals surface area contributed by atoms with Crippen LogP contribution in [0.15, 0.2) is 42.5 Å². The SMILES string of the molecule is COc1ccc(COCCOc2ccc(C(=O)NC3CCOC3=O)cc2OC)cc1. The molecule has 1 atom stereocenters. The van der Waals surface area contributed by atoms with E-state index in [2.05, 4.69) is 5.32 Å². The van der Waals surface area contributed by atoms with Crippen molar-refractivity contribution in [3.05, 3.63) is 53.6 Å². The highest BCUT2D eigenvalue weighted by Gasteiger charge is 2.28. The summed E-state index contributed by atoms with van der Waals surface area (Å²) in [7, 11) is 3.12. The third-order valence-electron chi connectivity index (χ3n) is 4.58. The zero-order valence-electron chi connectivity index (χ0n) is 17.0. The molecule has 1 amide bonds. The number of hydrogen-bond acceptors (Lipinski definition) is 7. The highest BCUT2D eigenvalue weighted by molar-refractivity contribution is 5.97. The number of rotatable bonds is 10. The molecule has 160 valence electrons. The minimum atomic E-state index is -0.609. The fourth-order valence-corrected chi connectivity index (χ4v) is 2.92. The molecule has 2 aromatic rings. The number of benzene rings is 2. The molecule has 1 saturated heterocycles. The van der Waals surface area contributed by atoms with Crippen LogP contribution in [0.1, 0.15) is 22.3 Å². The van der Waals surface area contributed by atoms with Crippen LogP contribution < -0.4 is 19.5 Å². The molecule has 1 unspecified atom stereocenters. The average Bonchev–Trinajstić information content (AvgIpc) is 3.18. The highest BCUT2D eigenvalue weighted by Crippen LogP contribution is 2.28. The first kappa shape index (κ1) is 21.4. The number of carbonyl (C=O) groups excluding carboxylic acids is 2. The van der Waals surface area contributed by atoms with Gasteiger partial charge >= 0.3 is 5.97 Å². The van der Waals surface area contributed by atoms with Gasteiger partial charge in [0.2, 0.25) is 0 Å². The topological polar surface area (TPSA) is 92.3 Å². The lowest BCUT2D eigenvalue weighted by molar-refractivity contribution is -0.139. The fourth-order valence-electron chi connectivity index (χ4n) is 2.92. The van der Waals surface area contributed by atoms with E-state index in [9.17, 15) is 9.59 Å². The van der Waals surface area contributed by atoms with Gasteiger partial charge in [0, 0.05) is 12.0 Å². The van der Waals surface area contributed by atoms with E-state index in [0.717, 1.165) is 11.3 Å². The number of nitrogens with one attached hydrogen (secondary N) is 1. The van der Waals surface area contributed by atoms with E-state index in [1.807, 2.05) is 24.3 Å². The molecule has 0 spiro atoms. The Bertz CT molecular complexity index is 866. The number of ether oxygens (including phenoxy) is 5. The van der Waals surface area contributed by atoms with Crippen LogP contribution in [-0.4, -0.2) is 52.0 Å². The molecule has 1 fully saturated rings. The Morgan fingerprint density at radius 1 is 1.07 bits per heavy atom. The van der Waals surface area contributed by atoms with Gasteiger partial charge in [-0.3, -0.25) is 4.79 Å². The van der Waals surface area contributed by atoms with Crippen molar-refractivity contribution in [2.24, 2.45) is 0 Å². The van der Waals surface area contributed by atoms with Crippen molar-refractivity contribution in [2.45, 2.75) is 19.1 Å². The Labute approximate surface area is 175 Å². The van der Waals surface area contributed by atoms with Crippen molar-refractivity contribution in [2.75, 3.05) is 34.0 Å². The van der Waals surface area contributed by atoms with Crippen LogP contribution in [0.5, 0.6) is 17.2 Å². The maximum absolute atomic E-state index is 12.4. The van der Waals surface area contributed by atoms with Gasteiger partial charge in [-0.15, -0.1) is 0 Å². The minimum absolute atomic E-state index is 0.320. The third-order valence-corrected chi connectivity index (χ3v) is 4.58. The summed E-state index contributed by atoms with van der Waals surface area (Å²) in [5, 5.41) is 2.66. The predicted octanol–water partition coefficient (Wildman–Crippen LogP) is 2.34. The second-order valence-electron chi connectivity index (χ2n) is 6.60. The van der Waals surface area contributed by atoms with Gasteiger partial charge < -0.3 is 29.0 Å². The quantitative estimate of drug-likeness (QED) is 0.470. The van der Waals surface area contributed by atoms with Gasteiger partial charge in [-0.2, -0.15) is 0 Å². The van der Waals surface area contributed by atoms with Gasteiger partial charge in [0.05, 0.1) is 34.0 Å². The van der Waals surface area contributed by atoms with E-state index in [4.69, 9.17) is 23.7 Å². The van der Waals surface area contributed by atoms with Crippen LogP contribution in [0.4, 0.5) is 0 Å². The molecule has 3 rings (SSSR count). The van der Waals surface area contributed by atoms with Crippen molar-refractivity contribution in [1.82, 2.24) is 5.32 Å². The molecular formula is C22H25NO7. The van der Waals surface area contributed by atoms with Crippen molar-refractivity contribution in [1.29, 1.82) is 0 Å². The Balaban J connectivity index is 1.47. The Morgan fingerprint density at radius 2 is 1.87 bits per heavy atom. The number of carbonyl (C=O) groups is 2. The van der Waals surface area contributed by atoms with Gasteiger partial charge in [0.15, 0.2) is 11.5 Å². The smallest absolute Gasteiger partial charge is 0.328 e. The summed E-state index contributed by atoms with van der Waals surface area (Å²) in [4.78, 5) is 23.9. The Morgan fingerprint density at radius 3 is 2.53 bits per heavy atom. The molecule has 1 aliphatic heterocycles. The van der Waals surface area contributed by atoms with Crippen LogP contribution in [0.3, 0.4) is 0 Å². The number of amides is 1. The molecule has 1 aliphatic rings. The van der Waals surface area contributed by atoms with Crippen LogP contribution in [0.25, 0.3) is 0 Å². The first-order chi connectivity index (χ1) is 14.6. The zero-order chi connectivity index (χ0) is 21.3. The molecular weight excluding hydrogens is 390 g/mol. The summed E-state index contributed by atoms with van der Waals surface area (Å²) >= 11 is 0. The molecule has 0 aliphatic carbocycles. The second kappa shape index (κ2) is 10.5. The third kappa shape index (κ3) is 5.64. The lowest BCUT2D eigenvalue weighted by Gasteiger charge is -2.13. The monoisotopic (exact) mass is 415 g/mol. The van der Waals surface area contributed by atoms with Crippen molar-refractivity contribution < 1.29 is 33.3 Å². The maximum Gasteiger partial charge on any atom is 0.328 e. The molecule has 1 heterocycles.